The molecule has 2 aromatic carbocycles. The Kier molecular flexibility index (Phi) is 5.46. The van der Waals surface area contributed by atoms with Crippen LogP contribution in [0, 0.1) is 0 Å². The summed E-state index contributed by atoms with van der Waals surface area (Å²) in [5.74, 6) is 0.539. The summed E-state index contributed by atoms with van der Waals surface area (Å²) in [6.07, 6.45) is 0. The molecule has 25 heavy (non-hydrogen) atoms. The lowest BCUT2D eigenvalue weighted by atomic mass is 10.0. The number of carbonyl (C=O) groups is 2. The van der Waals surface area contributed by atoms with Crippen molar-refractivity contribution >= 4 is 11.7 Å². The van der Waals surface area contributed by atoms with Gasteiger partial charge in [0.2, 0.25) is 0 Å². The maximum Gasteiger partial charge on any atom is 0.260 e. The van der Waals surface area contributed by atoms with Crippen LogP contribution in [0.4, 0.5) is 0 Å². The van der Waals surface area contributed by atoms with Crippen LogP contribution in [0.25, 0.3) is 0 Å². The predicted molar refractivity (Wildman–Crippen MR) is 95.9 cm³/mol. The molecule has 0 spiro atoms. The molecule has 2 aromatic rings. The van der Waals surface area contributed by atoms with Crippen LogP contribution in [-0.2, 0) is 4.79 Å². The molecule has 1 unspecified atom stereocenters. The second-order valence-corrected chi connectivity index (χ2v) is 6.20. The second-order valence-electron chi connectivity index (χ2n) is 6.20. The minimum atomic E-state index is -0.0296. The fraction of sp³-hybridized carbons (Fsp3) is 0.300. The topological polar surface area (TPSA) is 58.6 Å². The van der Waals surface area contributed by atoms with Gasteiger partial charge in [0.1, 0.15) is 5.75 Å². The summed E-state index contributed by atoms with van der Waals surface area (Å²) in [5.41, 5.74) is 1.25. The zero-order valence-corrected chi connectivity index (χ0v) is 14.3. The zero-order valence-electron chi connectivity index (χ0n) is 14.3. The van der Waals surface area contributed by atoms with Gasteiger partial charge in [-0.05, 0) is 31.2 Å². The lowest BCUT2D eigenvalue weighted by molar-refractivity contribution is -0.134. The smallest absolute Gasteiger partial charge is 0.260 e. The van der Waals surface area contributed by atoms with Crippen LogP contribution in [0.5, 0.6) is 5.75 Å². The van der Waals surface area contributed by atoms with Crippen LogP contribution >= 0.6 is 0 Å². The molecule has 1 saturated heterocycles. The first-order valence-electron chi connectivity index (χ1n) is 8.47. The first-order chi connectivity index (χ1) is 12.1. The van der Waals surface area contributed by atoms with E-state index in [4.69, 9.17) is 4.74 Å². The van der Waals surface area contributed by atoms with E-state index in [-0.39, 0.29) is 18.3 Å². The van der Waals surface area contributed by atoms with Crippen LogP contribution in [0.15, 0.2) is 54.6 Å². The van der Waals surface area contributed by atoms with E-state index in [0.29, 0.717) is 36.0 Å². The van der Waals surface area contributed by atoms with Gasteiger partial charge in [0.25, 0.3) is 5.91 Å². The second kappa shape index (κ2) is 7.94. The monoisotopic (exact) mass is 338 g/mol. The number of carbonyl (C=O) groups excluding carboxylic acids is 2. The highest BCUT2D eigenvalue weighted by Crippen LogP contribution is 2.15. The van der Waals surface area contributed by atoms with Crippen molar-refractivity contribution in [3.05, 3.63) is 65.7 Å². The molecule has 1 fully saturated rings. The maximum absolute atomic E-state index is 12.4. The number of benzene rings is 2. The maximum atomic E-state index is 12.4. The Morgan fingerprint density at radius 3 is 2.44 bits per heavy atom. The molecule has 130 valence electrons. The number of rotatable bonds is 5. The number of hydrogen-bond acceptors (Lipinski definition) is 4. The van der Waals surface area contributed by atoms with Crippen molar-refractivity contribution in [1.29, 1.82) is 0 Å². The Hall–Kier alpha value is -2.66. The number of nitrogens with zero attached hydrogens (tertiary/aromatic N) is 1. The summed E-state index contributed by atoms with van der Waals surface area (Å²) in [5, 5.41) is 3.30. The minimum absolute atomic E-state index is 0.0126. The zero-order chi connectivity index (χ0) is 17.6. The van der Waals surface area contributed by atoms with Crippen LogP contribution in [0.3, 0.4) is 0 Å². The van der Waals surface area contributed by atoms with Gasteiger partial charge in [-0.25, -0.2) is 0 Å². The molecule has 1 aliphatic rings. The molecule has 5 heteroatoms. The van der Waals surface area contributed by atoms with Crippen molar-refractivity contribution in [2.24, 2.45) is 0 Å². The number of ether oxygens (including phenoxy) is 1. The van der Waals surface area contributed by atoms with Gasteiger partial charge in [0.15, 0.2) is 12.4 Å². The van der Waals surface area contributed by atoms with E-state index in [1.165, 1.54) is 0 Å². The summed E-state index contributed by atoms with van der Waals surface area (Å²) in [7, 11) is 0. The normalized spacial score (nSPS) is 17.2. The van der Waals surface area contributed by atoms with Crippen molar-refractivity contribution in [2.75, 3.05) is 26.2 Å². The Bertz CT molecular complexity index is 728. The predicted octanol–water partition coefficient (Wildman–Crippen LogP) is 2.12. The molecule has 1 aliphatic heterocycles. The van der Waals surface area contributed by atoms with E-state index in [9.17, 15) is 9.59 Å². The third kappa shape index (κ3) is 4.45. The van der Waals surface area contributed by atoms with Crippen LogP contribution in [-0.4, -0.2) is 48.9 Å². The average molecular weight is 338 g/mol. The minimum Gasteiger partial charge on any atom is -0.484 e. The van der Waals surface area contributed by atoms with E-state index in [0.717, 1.165) is 6.54 Å². The molecule has 5 nitrogen and oxygen atoms in total. The van der Waals surface area contributed by atoms with E-state index in [1.54, 1.807) is 36.4 Å². The Labute approximate surface area is 147 Å². The molecular formula is C20H22N2O3. The summed E-state index contributed by atoms with van der Waals surface area (Å²) in [6, 6.07) is 16.4. The van der Waals surface area contributed by atoms with E-state index in [2.05, 4.69) is 12.2 Å². The van der Waals surface area contributed by atoms with Crippen molar-refractivity contribution in [1.82, 2.24) is 10.2 Å². The van der Waals surface area contributed by atoms with E-state index < -0.39 is 0 Å². The molecule has 1 amide bonds. The lowest BCUT2D eigenvalue weighted by Gasteiger charge is -2.31. The van der Waals surface area contributed by atoms with Gasteiger partial charge in [-0.15, -0.1) is 0 Å². The van der Waals surface area contributed by atoms with Gasteiger partial charge in [-0.3, -0.25) is 9.59 Å². The molecule has 0 aromatic heterocycles. The summed E-state index contributed by atoms with van der Waals surface area (Å²) in [4.78, 5) is 26.4. The molecule has 0 radical (unpaired) electrons. The van der Waals surface area contributed by atoms with E-state index >= 15 is 0 Å². The number of nitrogens with one attached hydrogen (secondary N) is 1. The van der Waals surface area contributed by atoms with Gasteiger partial charge in [-0.2, -0.15) is 0 Å². The van der Waals surface area contributed by atoms with E-state index in [1.807, 2.05) is 23.1 Å². The third-order valence-corrected chi connectivity index (χ3v) is 4.24. The Morgan fingerprint density at radius 2 is 1.76 bits per heavy atom. The Balaban J connectivity index is 1.56. The Morgan fingerprint density at radius 1 is 1.08 bits per heavy atom. The third-order valence-electron chi connectivity index (χ3n) is 4.24. The highest BCUT2D eigenvalue weighted by molar-refractivity contribution is 6.08. The first kappa shape index (κ1) is 17.2. The van der Waals surface area contributed by atoms with Gasteiger partial charge in [0, 0.05) is 36.8 Å². The summed E-state index contributed by atoms with van der Waals surface area (Å²) < 4.78 is 5.57. The van der Waals surface area contributed by atoms with Crippen molar-refractivity contribution in [3.63, 3.8) is 0 Å². The summed E-state index contributed by atoms with van der Waals surface area (Å²) in [6.45, 7) is 4.29. The quantitative estimate of drug-likeness (QED) is 0.849. The fourth-order valence-corrected chi connectivity index (χ4v) is 2.85. The van der Waals surface area contributed by atoms with Crippen LogP contribution in [0.1, 0.15) is 22.8 Å². The molecule has 3 rings (SSSR count). The molecule has 1 N–H and O–H groups in total. The first-order valence-corrected chi connectivity index (χ1v) is 8.47. The highest BCUT2D eigenvalue weighted by Gasteiger charge is 2.20. The van der Waals surface area contributed by atoms with Crippen LogP contribution < -0.4 is 10.1 Å². The highest BCUT2D eigenvalue weighted by atomic mass is 16.5. The lowest BCUT2D eigenvalue weighted by Crippen LogP contribution is -2.52. The van der Waals surface area contributed by atoms with Crippen LogP contribution in [0.2, 0.25) is 0 Å². The van der Waals surface area contributed by atoms with Crippen molar-refractivity contribution in [2.45, 2.75) is 13.0 Å². The van der Waals surface area contributed by atoms with Gasteiger partial charge in [0.05, 0.1) is 0 Å². The summed E-state index contributed by atoms with van der Waals surface area (Å²) >= 11 is 0. The largest absolute Gasteiger partial charge is 0.484 e. The fourth-order valence-electron chi connectivity index (χ4n) is 2.85. The number of hydrogen-bond donors (Lipinski definition) is 1. The van der Waals surface area contributed by atoms with Gasteiger partial charge < -0.3 is 15.0 Å². The molecular weight excluding hydrogens is 316 g/mol. The standard InChI is InChI=1S/C20H22N2O3/c1-15-13-22(12-11-21-15)19(23)14-25-18-9-7-17(8-10-18)20(24)16-5-3-2-4-6-16/h2-10,15,21H,11-14H2,1H3. The van der Waals surface area contributed by atoms with Gasteiger partial charge in [-0.1, -0.05) is 30.3 Å². The average Bonchev–Trinajstić information content (AvgIpc) is 2.66. The van der Waals surface area contributed by atoms with Crippen molar-refractivity contribution in [3.8, 4) is 5.75 Å². The molecule has 0 saturated carbocycles. The van der Waals surface area contributed by atoms with Crippen molar-refractivity contribution < 1.29 is 14.3 Å². The number of amides is 1. The molecule has 0 aliphatic carbocycles. The number of piperazine rings is 1. The number of ketones is 1. The molecule has 1 atom stereocenters. The van der Waals surface area contributed by atoms with Gasteiger partial charge >= 0.3 is 0 Å². The SMILES string of the molecule is CC1CN(C(=O)COc2ccc(C(=O)c3ccccc3)cc2)CCN1. The molecule has 1 heterocycles. The molecule has 0 bridgehead atoms.